The number of carboxylic acids is 1. The Kier molecular flexibility index (Phi) is 8.43. The van der Waals surface area contributed by atoms with Crippen LogP contribution in [0.4, 0.5) is 0 Å². The first kappa shape index (κ1) is 28.4. The molecule has 2 aromatic carbocycles. The van der Waals surface area contributed by atoms with Gasteiger partial charge in [-0.25, -0.2) is 0 Å². The van der Waals surface area contributed by atoms with E-state index in [1.807, 2.05) is 36.1 Å². The van der Waals surface area contributed by atoms with E-state index in [0.29, 0.717) is 33.0 Å². The SMILES string of the molecule is CCC(C)(C)C1CCC2(CC1)N=C(c1cc(Cl)cc(Cl)c1)C(=O)N2C(C)c1ccc(OCCC(=O)O)cc1. The van der Waals surface area contributed by atoms with E-state index in [4.69, 9.17) is 38.0 Å². The van der Waals surface area contributed by atoms with Gasteiger partial charge in [0.1, 0.15) is 17.1 Å². The van der Waals surface area contributed by atoms with Crippen molar-refractivity contribution in [3.05, 3.63) is 63.6 Å². The van der Waals surface area contributed by atoms with Crippen molar-refractivity contribution < 1.29 is 19.4 Å². The fourth-order valence-electron chi connectivity index (χ4n) is 5.78. The number of ether oxygens (including phenoxy) is 1. The lowest BCUT2D eigenvalue weighted by Crippen LogP contribution is -2.51. The van der Waals surface area contributed by atoms with Crippen molar-refractivity contribution in [2.75, 3.05) is 6.61 Å². The first-order valence-electron chi connectivity index (χ1n) is 13.3. The van der Waals surface area contributed by atoms with E-state index in [0.717, 1.165) is 37.7 Å². The first-order chi connectivity index (χ1) is 18.0. The predicted octanol–water partition coefficient (Wildman–Crippen LogP) is 7.56. The summed E-state index contributed by atoms with van der Waals surface area (Å²) in [5.41, 5.74) is 1.62. The minimum Gasteiger partial charge on any atom is -0.493 e. The molecule has 1 unspecified atom stereocenters. The molecule has 1 aliphatic carbocycles. The monoisotopic (exact) mass is 558 g/mol. The van der Waals surface area contributed by atoms with Gasteiger partial charge >= 0.3 is 5.97 Å². The van der Waals surface area contributed by atoms with E-state index in [9.17, 15) is 9.59 Å². The zero-order valence-electron chi connectivity index (χ0n) is 22.5. The van der Waals surface area contributed by atoms with Crippen LogP contribution in [0.3, 0.4) is 0 Å². The number of hydrogen-bond donors (Lipinski definition) is 1. The quantitative estimate of drug-likeness (QED) is 0.344. The summed E-state index contributed by atoms with van der Waals surface area (Å²) in [5, 5.41) is 9.78. The minimum atomic E-state index is -0.901. The van der Waals surface area contributed by atoms with Gasteiger partial charge in [0.25, 0.3) is 5.91 Å². The van der Waals surface area contributed by atoms with Gasteiger partial charge < -0.3 is 14.7 Å². The molecule has 1 N–H and O–H groups in total. The van der Waals surface area contributed by atoms with Crippen LogP contribution < -0.4 is 4.74 Å². The second-order valence-corrected chi connectivity index (χ2v) is 12.0. The molecule has 1 amide bonds. The second kappa shape index (κ2) is 11.3. The number of hydrogen-bond acceptors (Lipinski definition) is 4. The van der Waals surface area contributed by atoms with Gasteiger partial charge in [-0.2, -0.15) is 0 Å². The molecule has 2 aromatic rings. The number of carbonyl (C=O) groups excluding carboxylic acids is 1. The van der Waals surface area contributed by atoms with Crippen LogP contribution in [0.2, 0.25) is 10.0 Å². The van der Waals surface area contributed by atoms with E-state index in [2.05, 4.69) is 20.8 Å². The van der Waals surface area contributed by atoms with Gasteiger partial charge in [0, 0.05) is 15.6 Å². The topological polar surface area (TPSA) is 79.2 Å². The third-order valence-corrected chi connectivity index (χ3v) is 8.90. The van der Waals surface area contributed by atoms with Crippen molar-refractivity contribution in [2.45, 2.75) is 77.9 Å². The van der Waals surface area contributed by atoms with Crippen molar-refractivity contribution in [3.63, 3.8) is 0 Å². The summed E-state index contributed by atoms with van der Waals surface area (Å²) in [7, 11) is 0. The molecule has 0 bridgehead atoms. The molecule has 0 saturated heterocycles. The largest absolute Gasteiger partial charge is 0.493 e. The Bertz CT molecular complexity index is 1200. The van der Waals surface area contributed by atoms with E-state index >= 15 is 0 Å². The molecular weight excluding hydrogens is 523 g/mol. The highest BCUT2D eigenvalue weighted by Crippen LogP contribution is 2.50. The molecule has 6 nitrogen and oxygen atoms in total. The Morgan fingerprint density at radius 3 is 2.32 bits per heavy atom. The van der Waals surface area contributed by atoms with E-state index in [1.165, 1.54) is 0 Å². The summed E-state index contributed by atoms with van der Waals surface area (Å²) in [6, 6.07) is 12.4. The van der Waals surface area contributed by atoms with Crippen molar-refractivity contribution in [1.82, 2.24) is 4.90 Å². The Morgan fingerprint density at radius 2 is 1.76 bits per heavy atom. The first-order valence-corrected chi connectivity index (χ1v) is 14.1. The molecule has 0 aromatic heterocycles. The molecule has 1 spiro atoms. The summed E-state index contributed by atoms with van der Waals surface area (Å²) >= 11 is 12.6. The van der Waals surface area contributed by atoms with Gasteiger partial charge in [0.15, 0.2) is 0 Å². The normalized spacial score (nSPS) is 22.5. The van der Waals surface area contributed by atoms with E-state index < -0.39 is 11.6 Å². The highest BCUT2D eigenvalue weighted by molar-refractivity contribution is 6.47. The fraction of sp³-hybridized carbons (Fsp3) is 0.500. The lowest BCUT2D eigenvalue weighted by Gasteiger charge is -2.47. The molecule has 38 heavy (non-hydrogen) atoms. The predicted molar refractivity (Wildman–Crippen MR) is 151 cm³/mol. The molecule has 1 aliphatic heterocycles. The molecular formula is C30H36Cl2N2O4. The van der Waals surface area contributed by atoms with E-state index in [-0.39, 0.29) is 30.4 Å². The molecule has 204 valence electrons. The van der Waals surface area contributed by atoms with Gasteiger partial charge in [-0.05, 0) is 79.8 Å². The van der Waals surface area contributed by atoms with Crippen LogP contribution in [-0.4, -0.2) is 39.9 Å². The molecule has 4 rings (SSSR count). The number of aliphatic imine (C=N–C) groups is 1. The number of rotatable bonds is 9. The standard InChI is InChI=1S/C30H36Cl2N2O4/c1-5-29(3,4)22-10-13-30(14-11-22)33-27(21-16-23(31)18-24(32)17-21)28(37)34(30)19(2)20-6-8-25(9-7-20)38-15-12-26(35)36/h6-9,16-19,22H,5,10-15H2,1-4H3,(H,35,36). The number of carbonyl (C=O) groups is 2. The Morgan fingerprint density at radius 1 is 1.16 bits per heavy atom. The smallest absolute Gasteiger partial charge is 0.306 e. The molecule has 1 heterocycles. The van der Waals surface area contributed by atoms with Crippen LogP contribution in [0.1, 0.15) is 83.4 Å². The number of benzene rings is 2. The highest BCUT2D eigenvalue weighted by Gasteiger charge is 2.52. The van der Waals surface area contributed by atoms with Gasteiger partial charge in [0.05, 0.1) is 19.1 Å². The third-order valence-electron chi connectivity index (χ3n) is 8.46. The molecule has 0 radical (unpaired) electrons. The average molecular weight is 560 g/mol. The van der Waals surface area contributed by atoms with Crippen LogP contribution in [0.25, 0.3) is 0 Å². The lowest BCUT2D eigenvalue weighted by atomic mass is 9.67. The number of halogens is 2. The highest BCUT2D eigenvalue weighted by atomic mass is 35.5. The zero-order valence-corrected chi connectivity index (χ0v) is 24.0. The van der Waals surface area contributed by atoms with Crippen molar-refractivity contribution in [3.8, 4) is 5.75 Å². The summed E-state index contributed by atoms with van der Waals surface area (Å²) in [4.78, 5) is 31.9. The van der Waals surface area contributed by atoms with Gasteiger partial charge in [-0.1, -0.05) is 62.5 Å². The fourth-order valence-corrected chi connectivity index (χ4v) is 6.30. The maximum Gasteiger partial charge on any atom is 0.306 e. The zero-order chi connectivity index (χ0) is 27.7. The molecule has 1 saturated carbocycles. The number of carboxylic acid groups (broad SMARTS) is 1. The van der Waals surface area contributed by atoms with Gasteiger partial charge in [-0.3, -0.25) is 14.6 Å². The molecule has 1 atom stereocenters. The number of amides is 1. The minimum absolute atomic E-state index is 0.0631. The van der Waals surface area contributed by atoms with Crippen LogP contribution >= 0.6 is 23.2 Å². The second-order valence-electron chi connectivity index (χ2n) is 11.1. The van der Waals surface area contributed by atoms with Crippen molar-refractivity contribution in [2.24, 2.45) is 16.3 Å². The van der Waals surface area contributed by atoms with Crippen LogP contribution in [0.5, 0.6) is 5.75 Å². The van der Waals surface area contributed by atoms with Gasteiger partial charge in [0.2, 0.25) is 0 Å². The maximum absolute atomic E-state index is 14.1. The number of aliphatic carboxylic acids is 1. The summed E-state index contributed by atoms with van der Waals surface area (Å²) < 4.78 is 5.55. The van der Waals surface area contributed by atoms with Crippen molar-refractivity contribution in [1.29, 1.82) is 0 Å². The Hall–Kier alpha value is -2.57. The molecule has 2 aliphatic rings. The summed E-state index contributed by atoms with van der Waals surface area (Å²) in [5.74, 6) is 0.151. The molecule has 8 heteroatoms. The molecule has 1 fully saturated rings. The van der Waals surface area contributed by atoms with Crippen LogP contribution in [0.15, 0.2) is 47.5 Å². The third kappa shape index (κ3) is 5.86. The van der Waals surface area contributed by atoms with E-state index in [1.54, 1.807) is 18.2 Å². The Balaban J connectivity index is 1.64. The lowest BCUT2D eigenvalue weighted by molar-refractivity contribution is -0.137. The average Bonchev–Trinajstić information content (AvgIpc) is 3.14. The van der Waals surface area contributed by atoms with Crippen molar-refractivity contribution >= 4 is 40.8 Å². The summed E-state index contributed by atoms with van der Waals surface area (Å²) in [6.07, 6.45) is 4.64. The number of nitrogens with zero attached hydrogens (tertiary/aromatic N) is 2. The summed E-state index contributed by atoms with van der Waals surface area (Å²) in [6.45, 7) is 9.04. The van der Waals surface area contributed by atoms with Crippen LogP contribution in [-0.2, 0) is 9.59 Å². The maximum atomic E-state index is 14.1. The van der Waals surface area contributed by atoms with Crippen LogP contribution in [0, 0.1) is 11.3 Å². The Labute approximate surface area is 235 Å². The van der Waals surface area contributed by atoms with Gasteiger partial charge in [-0.15, -0.1) is 0 Å².